The number of benzene rings is 2. The largest absolute Gasteiger partial charge is 0.444 e. The minimum Gasteiger partial charge on any atom is -0.444 e. The van der Waals surface area contributed by atoms with E-state index in [1.54, 1.807) is 23.4 Å². The Morgan fingerprint density at radius 2 is 2.00 bits per heavy atom. The van der Waals surface area contributed by atoms with Gasteiger partial charge < -0.3 is 14.2 Å². The number of amides is 1. The van der Waals surface area contributed by atoms with Crippen molar-refractivity contribution in [3.05, 3.63) is 70.8 Å². The quantitative estimate of drug-likeness (QED) is 0.455. The molecule has 1 amide bonds. The van der Waals surface area contributed by atoms with Crippen LogP contribution in [-0.4, -0.2) is 39.2 Å². The summed E-state index contributed by atoms with van der Waals surface area (Å²) in [6, 6.07) is 10.6. The Balaban J connectivity index is 1.59. The normalized spacial score (nSPS) is 15.6. The number of carbonyl (C=O) groups is 1. The third-order valence-electron chi connectivity index (χ3n) is 5.64. The van der Waals surface area contributed by atoms with E-state index in [-0.39, 0.29) is 18.0 Å². The summed E-state index contributed by atoms with van der Waals surface area (Å²) in [5, 5.41) is 0.376. The number of imidazole rings is 1. The van der Waals surface area contributed by atoms with Crippen LogP contribution in [-0.2, 0) is 4.74 Å². The van der Waals surface area contributed by atoms with E-state index >= 15 is 0 Å². The molecular weight excluding hydrogens is 429 g/mol. The number of rotatable bonds is 3. The molecule has 0 saturated heterocycles. The van der Waals surface area contributed by atoms with Crippen molar-refractivity contribution < 1.29 is 13.9 Å². The van der Waals surface area contributed by atoms with Gasteiger partial charge in [-0.15, -0.1) is 0 Å². The first-order valence-corrected chi connectivity index (χ1v) is 11.1. The fourth-order valence-electron chi connectivity index (χ4n) is 3.95. The van der Waals surface area contributed by atoms with Gasteiger partial charge in [0.05, 0.1) is 23.4 Å². The molecule has 168 valence electrons. The molecule has 0 N–H and O–H groups in total. The fraction of sp³-hybridized carbons (Fsp3) is 0.360. The highest BCUT2D eigenvalue weighted by atomic mass is 35.5. The Bertz CT molecular complexity index is 1200. The lowest BCUT2D eigenvalue weighted by atomic mass is 9.99. The van der Waals surface area contributed by atoms with Crippen LogP contribution in [0.5, 0.6) is 0 Å². The topological polar surface area (TPSA) is 47.4 Å². The Kier molecular flexibility index (Phi) is 5.99. The average molecular weight is 456 g/mol. The van der Waals surface area contributed by atoms with Crippen LogP contribution in [0.2, 0.25) is 5.02 Å². The molecule has 0 radical (unpaired) electrons. The van der Waals surface area contributed by atoms with Crippen LogP contribution < -0.4 is 0 Å². The molecule has 2 aromatic carbocycles. The second-order valence-electron chi connectivity index (χ2n) is 9.10. The standard InChI is InChI=1S/C25H27ClFN3O2/c1-16(20-7-6-19(26)14-21(20)27)30-15-28-22-8-5-18(13-23(22)30)17-9-11-29(12-10-17)24(31)32-25(2,3)4/h5-9,13-16H,10-12H2,1-4H3. The molecule has 2 heterocycles. The number of hydrogen-bond donors (Lipinski definition) is 0. The maximum atomic E-state index is 14.5. The van der Waals surface area contributed by atoms with Gasteiger partial charge in [-0.2, -0.15) is 0 Å². The molecule has 5 nitrogen and oxygen atoms in total. The Labute approximate surface area is 192 Å². The summed E-state index contributed by atoms with van der Waals surface area (Å²) in [6.45, 7) is 8.65. The highest BCUT2D eigenvalue weighted by molar-refractivity contribution is 6.30. The van der Waals surface area contributed by atoms with E-state index in [2.05, 4.69) is 17.1 Å². The van der Waals surface area contributed by atoms with Crippen molar-refractivity contribution in [2.24, 2.45) is 0 Å². The second-order valence-corrected chi connectivity index (χ2v) is 9.54. The lowest BCUT2D eigenvalue weighted by Gasteiger charge is -2.29. The molecule has 0 saturated carbocycles. The van der Waals surface area contributed by atoms with Crippen LogP contribution in [0.25, 0.3) is 16.6 Å². The van der Waals surface area contributed by atoms with Gasteiger partial charge >= 0.3 is 6.09 Å². The van der Waals surface area contributed by atoms with Gasteiger partial charge in [0, 0.05) is 23.7 Å². The molecular formula is C25H27ClFN3O2. The van der Waals surface area contributed by atoms with Gasteiger partial charge in [0.1, 0.15) is 11.4 Å². The molecule has 1 unspecified atom stereocenters. The van der Waals surface area contributed by atoms with Crippen molar-refractivity contribution in [2.75, 3.05) is 13.1 Å². The van der Waals surface area contributed by atoms with Crippen LogP contribution in [0.4, 0.5) is 9.18 Å². The number of aromatic nitrogens is 2. The molecule has 1 aromatic heterocycles. The van der Waals surface area contributed by atoms with Gasteiger partial charge in [-0.05, 0) is 69.5 Å². The predicted molar refractivity (Wildman–Crippen MR) is 125 cm³/mol. The number of halogens is 2. The zero-order chi connectivity index (χ0) is 23.0. The number of hydrogen-bond acceptors (Lipinski definition) is 3. The van der Waals surface area contributed by atoms with Crippen molar-refractivity contribution in [2.45, 2.75) is 45.8 Å². The maximum absolute atomic E-state index is 14.5. The lowest BCUT2D eigenvalue weighted by molar-refractivity contribution is 0.0270. The highest BCUT2D eigenvalue weighted by Gasteiger charge is 2.24. The molecule has 1 aliphatic heterocycles. The summed E-state index contributed by atoms with van der Waals surface area (Å²) in [7, 11) is 0. The first-order valence-electron chi connectivity index (χ1n) is 10.7. The van der Waals surface area contributed by atoms with Gasteiger partial charge in [-0.3, -0.25) is 0 Å². The van der Waals surface area contributed by atoms with E-state index in [0.717, 1.165) is 23.0 Å². The molecule has 0 aliphatic carbocycles. The molecule has 4 rings (SSSR count). The first kappa shape index (κ1) is 22.3. The van der Waals surface area contributed by atoms with Crippen molar-refractivity contribution in [1.29, 1.82) is 0 Å². The van der Waals surface area contributed by atoms with E-state index in [1.165, 1.54) is 11.6 Å². The Morgan fingerprint density at radius 1 is 1.22 bits per heavy atom. The first-order chi connectivity index (χ1) is 15.1. The number of carbonyl (C=O) groups excluding carboxylic acids is 1. The highest BCUT2D eigenvalue weighted by Crippen LogP contribution is 2.30. The molecule has 1 atom stereocenters. The minimum atomic E-state index is -0.509. The second kappa shape index (κ2) is 8.58. The average Bonchev–Trinajstić information content (AvgIpc) is 3.15. The van der Waals surface area contributed by atoms with Crippen molar-refractivity contribution in [1.82, 2.24) is 14.5 Å². The zero-order valence-electron chi connectivity index (χ0n) is 18.7. The van der Waals surface area contributed by atoms with E-state index in [4.69, 9.17) is 16.3 Å². The van der Waals surface area contributed by atoms with Gasteiger partial charge in [-0.1, -0.05) is 29.8 Å². The Hall–Kier alpha value is -2.86. The summed E-state index contributed by atoms with van der Waals surface area (Å²) in [5.74, 6) is -0.333. The summed E-state index contributed by atoms with van der Waals surface area (Å²) in [6.07, 6.45) is 4.25. The van der Waals surface area contributed by atoms with E-state index < -0.39 is 5.60 Å². The summed E-state index contributed by atoms with van der Waals surface area (Å²) >= 11 is 5.91. The summed E-state index contributed by atoms with van der Waals surface area (Å²) in [4.78, 5) is 18.5. The summed E-state index contributed by atoms with van der Waals surface area (Å²) in [5.41, 5.74) is 4.08. The van der Waals surface area contributed by atoms with Gasteiger partial charge in [-0.25, -0.2) is 14.2 Å². The monoisotopic (exact) mass is 455 g/mol. The Morgan fingerprint density at radius 3 is 2.66 bits per heavy atom. The SMILES string of the molecule is CC(c1ccc(Cl)cc1F)n1cnc2ccc(C3=CCN(C(=O)OC(C)(C)C)CC3)cc21. The molecule has 0 fully saturated rings. The van der Waals surface area contributed by atoms with Crippen LogP contribution in [0.1, 0.15) is 51.3 Å². The molecule has 7 heteroatoms. The molecule has 32 heavy (non-hydrogen) atoms. The number of ether oxygens (including phenoxy) is 1. The van der Waals surface area contributed by atoms with Crippen LogP contribution in [0, 0.1) is 5.82 Å². The van der Waals surface area contributed by atoms with Crippen molar-refractivity contribution in [3.63, 3.8) is 0 Å². The maximum Gasteiger partial charge on any atom is 0.410 e. The third-order valence-corrected chi connectivity index (χ3v) is 5.87. The molecule has 3 aromatic rings. The summed E-state index contributed by atoms with van der Waals surface area (Å²) < 4.78 is 21.9. The van der Waals surface area contributed by atoms with Gasteiger partial charge in [0.2, 0.25) is 0 Å². The minimum absolute atomic E-state index is 0.240. The van der Waals surface area contributed by atoms with Crippen molar-refractivity contribution in [3.8, 4) is 0 Å². The molecule has 0 bridgehead atoms. The van der Waals surface area contributed by atoms with Crippen LogP contribution in [0.3, 0.4) is 0 Å². The zero-order valence-corrected chi connectivity index (χ0v) is 19.5. The number of fused-ring (bicyclic) bond motifs is 1. The van der Waals surface area contributed by atoms with Crippen molar-refractivity contribution >= 4 is 34.3 Å². The van der Waals surface area contributed by atoms with E-state index in [1.807, 2.05) is 44.4 Å². The fourth-order valence-corrected chi connectivity index (χ4v) is 4.11. The number of nitrogens with zero attached hydrogens (tertiary/aromatic N) is 3. The molecule has 0 spiro atoms. The van der Waals surface area contributed by atoms with Crippen LogP contribution >= 0.6 is 11.6 Å². The van der Waals surface area contributed by atoms with Gasteiger partial charge in [0.15, 0.2) is 0 Å². The van der Waals surface area contributed by atoms with Crippen LogP contribution in [0.15, 0.2) is 48.8 Å². The van der Waals surface area contributed by atoms with E-state index in [0.29, 0.717) is 23.7 Å². The predicted octanol–water partition coefficient (Wildman–Crippen LogP) is 6.46. The molecule has 1 aliphatic rings. The van der Waals surface area contributed by atoms with E-state index in [9.17, 15) is 9.18 Å². The lowest BCUT2D eigenvalue weighted by Crippen LogP contribution is -2.39. The third kappa shape index (κ3) is 4.65. The van der Waals surface area contributed by atoms with Gasteiger partial charge in [0.25, 0.3) is 0 Å². The smallest absolute Gasteiger partial charge is 0.410 e.